The molecule has 0 saturated carbocycles. The summed E-state index contributed by atoms with van der Waals surface area (Å²) < 4.78 is 18.1. The van der Waals surface area contributed by atoms with Crippen LogP contribution in [0.25, 0.3) is 0 Å². The highest BCUT2D eigenvalue weighted by Crippen LogP contribution is 2.19. The number of rotatable bonds is 6. The zero-order valence-corrected chi connectivity index (χ0v) is 13.1. The molecule has 1 amide bonds. The molecule has 2 unspecified atom stereocenters. The highest BCUT2D eigenvalue weighted by molar-refractivity contribution is 5.79. The average molecular weight is 317 g/mol. The van der Waals surface area contributed by atoms with E-state index < -0.39 is 12.1 Å². The molecule has 23 heavy (non-hydrogen) atoms. The molecule has 0 aliphatic rings. The number of halogens is 1. The summed E-state index contributed by atoms with van der Waals surface area (Å²) in [6, 6.07) is 12.3. The third-order valence-electron chi connectivity index (χ3n) is 3.62. The van der Waals surface area contributed by atoms with Gasteiger partial charge in [0.25, 0.3) is 0 Å². The molecule has 5 heteroatoms. The van der Waals surface area contributed by atoms with Gasteiger partial charge in [-0.3, -0.25) is 4.79 Å². The van der Waals surface area contributed by atoms with E-state index in [0.29, 0.717) is 11.3 Å². The molecule has 0 aromatic heterocycles. The molecule has 0 saturated heterocycles. The maximum Gasteiger partial charge on any atom is 0.224 e. The van der Waals surface area contributed by atoms with Gasteiger partial charge in [-0.25, -0.2) is 4.39 Å². The monoisotopic (exact) mass is 317 g/mol. The highest BCUT2D eigenvalue weighted by Gasteiger charge is 2.19. The summed E-state index contributed by atoms with van der Waals surface area (Å²) >= 11 is 0. The Hall–Kier alpha value is -2.40. The number of aliphatic hydroxyl groups excluding tert-OH is 1. The van der Waals surface area contributed by atoms with E-state index in [1.54, 1.807) is 20.1 Å². The quantitative estimate of drug-likeness (QED) is 0.861. The van der Waals surface area contributed by atoms with E-state index in [4.69, 9.17) is 4.74 Å². The molecular formula is C18H20FNO3. The lowest BCUT2D eigenvalue weighted by atomic mass is 10.0. The molecule has 2 aromatic rings. The molecule has 0 bridgehead atoms. The smallest absolute Gasteiger partial charge is 0.224 e. The highest BCUT2D eigenvalue weighted by atomic mass is 19.1. The minimum Gasteiger partial charge on any atom is -0.496 e. The number of hydrogen-bond acceptors (Lipinski definition) is 3. The molecule has 0 aliphatic carbocycles. The lowest BCUT2D eigenvalue weighted by Crippen LogP contribution is -2.38. The van der Waals surface area contributed by atoms with Crippen LogP contribution in [0.5, 0.6) is 5.75 Å². The first kappa shape index (κ1) is 17.0. The van der Waals surface area contributed by atoms with Gasteiger partial charge in [0.15, 0.2) is 0 Å². The number of carbonyl (C=O) groups excluding carboxylic acids is 1. The molecule has 2 N–H and O–H groups in total. The van der Waals surface area contributed by atoms with Crippen molar-refractivity contribution in [1.82, 2.24) is 5.32 Å². The normalized spacial score (nSPS) is 13.2. The Morgan fingerprint density at radius 1 is 1.22 bits per heavy atom. The van der Waals surface area contributed by atoms with Crippen LogP contribution in [0.3, 0.4) is 0 Å². The van der Waals surface area contributed by atoms with Crippen molar-refractivity contribution in [2.45, 2.75) is 25.5 Å². The Morgan fingerprint density at radius 3 is 2.52 bits per heavy atom. The number of methoxy groups -OCH3 is 1. The van der Waals surface area contributed by atoms with Crippen LogP contribution < -0.4 is 10.1 Å². The fourth-order valence-electron chi connectivity index (χ4n) is 2.35. The predicted molar refractivity (Wildman–Crippen MR) is 85.7 cm³/mol. The second-order valence-electron chi connectivity index (χ2n) is 5.34. The van der Waals surface area contributed by atoms with E-state index in [2.05, 4.69) is 5.32 Å². The predicted octanol–water partition coefficient (Wildman–Crippen LogP) is 2.62. The Morgan fingerprint density at radius 2 is 1.87 bits per heavy atom. The van der Waals surface area contributed by atoms with Gasteiger partial charge >= 0.3 is 0 Å². The van der Waals surface area contributed by atoms with Gasteiger partial charge in [-0.1, -0.05) is 30.3 Å². The fraction of sp³-hybridized carbons (Fsp3) is 0.278. The Labute approximate surface area is 134 Å². The summed E-state index contributed by atoms with van der Waals surface area (Å²) in [5.74, 6) is 0.0614. The number of amides is 1. The fourth-order valence-corrected chi connectivity index (χ4v) is 2.35. The molecule has 0 heterocycles. The van der Waals surface area contributed by atoms with Crippen molar-refractivity contribution in [3.63, 3.8) is 0 Å². The largest absolute Gasteiger partial charge is 0.496 e. The SMILES string of the molecule is COc1ccccc1CC(=O)NC(C)C(O)c1ccc(F)cc1. The molecule has 4 nitrogen and oxygen atoms in total. The van der Waals surface area contributed by atoms with E-state index in [1.165, 1.54) is 24.3 Å². The van der Waals surface area contributed by atoms with Crippen molar-refractivity contribution in [1.29, 1.82) is 0 Å². The third kappa shape index (κ3) is 4.53. The molecule has 0 radical (unpaired) electrons. The van der Waals surface area contributed by atoms with E-state index in [-0.39, 0.29) is 18.1 Å². The van der Waals surface area contributed by atoms with Crippen molar-refractivity contribution in [3.05, 3.63) is 65.5 Å². The lowest BCUT2D eigenvalue weighted by Gasteiger charge is -2.21. The van der Waals surface area contributed by atoms with Gasteiger partial charge in [-0.15, -0.1) is 0 Å². The molecule has 2 atom stereocenters. The van der Waals surface area contributed by atoms with Crippen LogP contribution in [0.2, 0.25) is 0 Å². The zero-order valence-electron chi connectivity index (χ0n) is 13.1. The number of nitrogens with one attached hydrogen (secondary N) is 1. The van der Waals surface area contributed by atoms with Gasteiger partial charge in [-0.2, -0.15) is 0 Å². The summed E-state index contributed by atoms with van der Waals surface area (Å²) in [6.45, 7) is 1.70. The van der Waals surface area contributed by atoms with Crippen LogP contribution in [0.1, 0.15) is 24.2 Å². The number of para-hydroxylation sites is 1. The van der Waals surface area contributed by atoms with Crippen LogP contribution in [-0.2, 0) is 11.2 Å². The second kappa shape index (κ2) is 7.74. The van der Waals surface area contributed by atoms with Gasteiger partial charge in [0.1, 0.15) is 11.6 Å². The van der Waals surface area contributed by atoms with Crippen LogP contribution in [0.4, 0.5) is 4.39 Å². The molecule has 2 rings (SSSR count). The van der Waals surface area contributed by atoms with Crippen molar-refractivity contribution in [2.24, 2.45) is 0 Å². The molecule has 122 valence electrons. The maximum atomic E-state index is 12.9. The second-order valence-corrected chi connectivity index (χ2v) is 5.34. The number of ether oxygens (including phenoxy) is 1. The van der Waals surface area contributed by atoms with Gasteiger partial charge < -0.3 is 15.2 Å². The first-order valence-corrected chi connectivity index (χ1v) is 7.36. The average Bonchev–Trinajstić information content (AvgIpc) is 2.55. The van der Waals surface area contributed by atoms with Gasteiger partial charge in [-0.05, 0) is 30.7 Å². The van der Waals surface area contributed by atoms with Crippen molar-refractivity contribution in [2.75, 3.05) is 7.11 Å². The van der Waals surface area contributed by atoms with E-state index in [1.807, 2.05) is 18.2 Å². The first-order valence-electron chi connectivity index (χ1n) is 7.36. The van der Waals surface area contributed by atoms with E-state index in [0.717, 1.165) is 5.56 Å². The van der Waals surface area contributed by atoms with Crippen LogP contribution >= 0.6 is 0 Å². The van der Waals surface area contributed by atoms with Gasteiger partial charge in [0, 0.05) is 5.56 Å². The summed E-state index contributed by atoms with van der Waals surface area (Å²) in [6.07, 6.45) is -0.748. The molecule has 0 aliphatic heterocycles. The van der Waals surface area contributed by atoms with Gasteiger partial charge in [0.05, 0.1) is 25.7 Å². The lowest BCUT2D eigenvalue weighted by molar-refractivity contribution is -0.121. The van der Waals surface area contributed by atoms with Crippen molar-refractivity contribution < 1.29 is 19.0 Å². The Kier molecular flexibility index (Phi) is 5.71. The molecule has 2 aromatic carbocycles. The standard InChI is InChI=1S/C18H20FNO3/c1-12(18(22)13-7-9-15(19)10-8-13)20-17(21)11-14-5-3-4-6-16(14)23-2/h3-10,12,18,22H,11H2,1-2H3,(H,20,21). The molecular weight excluding hydrogens is 297 g/mol. The van der Waals surface area contributed by atoms with Crippen LogP contribution in [0.15, 0.2) is 48.5 Å². The van der Waals surface area contributed by atoms with Crippen LogP contribution in [-0.4, -0.2) is 24.2 Å². The Balaban J connectivity index is 1.97. The van der Waals surface area contributed by atoms with E-state index in [9.17, 15) is 14.3 Å². The van der Waals surface area contributed by atoms with Gasteiger partial charge in [0.2, 0.25) is 5.91 Å². The molecule has 0 spiro atoms. The maximum absolute atomic E-state index is 12.9. The first-order chi connectivity index (χ1) is 11.0. The number of aliphatic hydroxyl groups is 1. The number of benzene rings is 2. The summed E-state index contributed by atoms with van der Waals surface area (Å²) in [5, 5.41) is 13.0. The summed E-state index contributed by atoms with van der Waals surface area (Å²) in [7, 11) is 1.55. The zero-order chi connectivity index (χ0) is 16.8. The van der Waals surface area contributed by atoms with Crippen molar-refractivity contribution in [3.8, 4) is 5.75 Å². The minimum atomic E-state index is -0.905. The number of carbonyl (C=O) groups is 1. The van der Waals surface area contributed by atoms with E-state index >= 15 is 0 Å². The molecule has 0 fully saturated rings. The topological polar surface area (TPSA) is 58.6 Å². The number of hydrogen-bond donors (Lipinski definition) is 2. The summed E-state index contributed by atoms with van der Waals surface area (Å²) in [4.78, 5) is 12.1. The van der Waals surface area contributed by atoms with Crippen molar-refractivity contribution >= 4 is 5.91 Å². The van der Waals surface area contributed by atoms with Crippen LogP contribution in [0, 0.1) is 5.82 Å². The third-order valence-corrected chi connectivity index (χ3v) is 3.62. The minimum absolute atomic E-state index is 0.157. The summed E-state index contributed by atoms with van der Waals surface area (Å²) in [5.41, 5.74) is 1.33. The Bertz CT molecular complexity index is 658.